The molecule has 1 aliphatic heterocycles. The summed E-state index contributed by atoms with van der Waals surface area (Å²) >= 11 is 0. The Morgan fingerprint density at radius 1 is 1.69 bits per heavy atom. The molecule has 88 valence electrons. The quantitative estimate of drug-likeness (QED) is 0.762. The topological polar surface area (TPSA) is 59.0 Å². The Morgan fingerprint density at radius 2 is 2.50 bits per heavy atom. The Hall–Kier alpha value is -1.36. The van der Waals surface area contributed by atoms with Crippen LogP contribution in [0, 0.1) is 6.92 Å². The molecule has 2 rings (SSSR count). The van der Waals surface area contributed by atoms with E-state index in [0.29, 0.717) is 12.5 Å². The highest BCUT2D eigenvalue weighted by atomic mass is 16.1. The number of carbonyl (C=O) groups excluding carboxylic acids is 1. The van der Waals surface area contributed by atoms with E-state index in [-0.39, 0.29) is 5.91 Å². The van der Waals surface area contributed by atoms with Crippen molar-refractivity contribution >= 4 is 5.91 Å². The van der Waals surface area contributed by atoms with Gasteiger partial charge in [0, 0.05) is 43.9 Å². The second kappa shape index (κ2) is 4.65. The number of rotatable bonds is 3. The highest BCUT2D eigenvalue weighted by Crippen LogP contribution is 2.07. The lowest BCUT2D eigenvalue weighted by atomic mass is 10.1. The number of carbonyl (C=O) groups is 1. The van der Waals surface area contributed by atoms with Crippen molar-refractivity contribution in [2.75, 3.05) is 6.54 Å². The van der Waals surface area contributed by atoms with Crippen LogP contribution in [0.3, 0.4) is 0 Å². The largest absolute Gasteiger partial charge is 0.355 e. The summed E-state index contributed by atoms with van der Waals surface area (Å²) in [5, 5.41) is 10.5. The average molecular weight is 222 g/mol. The van der Waals surface area contributed by atoms with E-state index >= 15 is 0 Å². The fraction of sp³-hybridized carbons (Fsp3) is 0.636. The van der Waals surface area contributed by atoms with Gasteiger partial charge in [-0.2, -0.15) is 5.10 Å². The number of aryl methyl sites for hydroxylation is 1. The van der Waals surface area contributed by atoms with Crippen molar-refractivity contribution in [1.29, 1.82) is 0 Å². The number of nitrogens with one attached hydrogen (secondary N) is 2. The van der Waals surface area contributed by atoms with Gasteiger partial charge in [0.1, 0.15) is 0 Å². The molecule has 1 unspecified atom stereocenters. The van der Waals surface area contributed by atoms with Crippen LogP contribution >= 0.6 is 0 Å². The fourth-order valence-electron chi connectivity index (χ4n) is 1.88. The van der Waals surface area contributed by atoms with Gasteiger partial charge in [0.2, 0.25) is 5.91 Å². The van der Waals surface area contributed by atoms with Crippen molar-refractivity contribution in [3.05, 3.63) is 17.5 Å². The summed E-state index contributed by atoms with van der Waals surface area (Å²) in [5.41, 5.74) is 2.41. The highest BCUT2D eigenvalue weighted by Gasteiger charge is 2.17. The number of hydrogen-bond donors (Lipinski definition) is 2. The molecule has 2 heterocycles. The number of amides is 1. The van der Waals surface area contributed by atoms with Crippen molar-refractivity contribution in [3.8, 4) is 0 Å². The second-order valence-electron chi connectivity index (χ2n) is 4.30. The van der Waals surface area contributed by atoms with Gasteiger partial charge < -0.3 is 10.6 Å². The van der Waals surface area contributed by atoms with E-state index in [2.05, 4.69) is 22.7 Å². The second-order valence-corrected chi connectivity index (χ2v) is 4.30. The van der Waals surface area contributed by atoms with Gasteiger partial charge in [-0.05, 0) is 13.3 Å². The van der Waals surface area contributed by atoms with Crippen LogP contribution in [0.15, 0.2) is 6.20 Å². The van der Waals surface area contributed by atoms with Crippen molar-refractivity contribution in [2.45, 2.75) is 32.4 Å². The van der Waals surface area contributed by atoms with Gasteiger partial charge in [-0.25, -0.2) is 0 Å². The van der Waals surface area contributed by atoms with E-state index in [1.54, 1.807) is 0 Å². The predicted octanol–water partition coefficient (Wildman–Crippen LogP) is 0.0967. The van der Waals surface area contributed by atoms with Crippen molar-refractivity contribution in [1.82, 2.24) is 20.4 Å². The van der Waals surface area contributed by atoms with E-state index in [1.165, 1.54) is 11.3 Å². The van der Waals surface area contributed by atoms with Gasteiger partial charge in [0.15, 0.2) is 0 Å². The molecule has 0 bridgehead atoms. The van der Waals surface area contributed by atoms with Crippen LogP contribution in [-0.4, -0.2) is 28.3 Å². The van der Waals surface area contributed by atoms with E-state index in [0.717, 1.165) is 19.5 Å². The molecule has 1 atom stereocenters. The summed E-state index contributed by atoms with van der Waals surface area (Å²) < 4.78 is 1.87. The molecule has 0 aromatic carbocycles. The summed E-state index contributed by atoms with van der Waals surface area (Å²) in [6, 6.07) is 0.386. The van der Waals surface area contributed by atoms with Gasteiger partial charge in [0.25, 0.3) is 0 Å². The smallest absolute Gasteiger partial charge is 0.220 e. The molecule has 0 saturated carbocycles. The predicted molar refractivity (Wildman–Crippen MR) is 60.8 cm³/mol. The van der Waals surface area contributed by atoms with E-state index in [4.69, 9.17) is 0 Å². The molecule has 1 aromatic heterocycles. The third-order valence-electron chi connectivity index (χ3n) is 3.18. The molecule has 1 aliphatic rings. The highest BCUT2D eigenvalue weighted by molar-refractivity contribution is 5.76. The van der Waals surface area contributed by atoms with Gasteiger partial charge in [-0.3, -0.25) is 9.48 Å². The Morgan fingerprint density at radius 3 is 3.06 bits per heavy atom. The maximum absolute atomic E-state index is 11.0. The van der Waals surface area contributed by atoms with Crippen LogP contribution in [0.4, 0.5) is 0 Å². The zero-order valence-corrected chi connectivity index (χ0v) is 9.79. The summed E-state index contributed by atoms with van der Waals surface area (Å²) in [6.45, 7) is 3.62. The molecule has 5 nitrogen and oxygen atoms in total. The lowest BCUT2D eigenvalue weighted by Gasteiger charge is -2.23. The molecule has 0 aliphatic carbocycles. The molecule has 1 saturated heterocycles. The van der Waals surface area contributed by atoms with Gasteiger partial charge in [-0.15, -0.1) is 0 Å². The van der Waals surface area contributed by atoms with Crippen molar-refractivity contribution in [2.24, 2.45) is 7.05 Å². The Balaban J connectivity index is 1.83. The van der Waals surface area contributed by atoms with Gasteiger partial charge >= 0.3 is 0 Å². The summed E-state index contributed by atoms with van der Waals surface area (Å²) in [4.78, 5) is 11.0. The Labute approximate surface area is 95.2 Å². The molecule has 0 spiro atoms. The third kappa shape index (κ3) is 2.41. The number of aromatic nitrogens is 2. The van der Waals surface area contributed by atoms with E-state index in [1.807, 2.05) is 17.9 Å². The van der Waals surface area contributed by atoms with Crippen LogP contribution in [0.1, 0.15) is 24.1 Å². The van der Waals surface area contributed by atoms with Crippen LogP contribution in [0.5, 0.6) is 0 Å². The summed E-state index contributed by atoms with van der Waals surface area (Å²) in [5.74, 6) is 0.163. The van der Waals surface area contributed by atoms with Crippen LogP contribution < -0.4 is 10.6 Å². The number of piperidine rings is 1. The van der Waals surface area contributed by atoms with Crippen LogP contribution in [0.2, 0.25) is 0 Å². The first-order chi connectivity index (χ1) is 7.66. The summed E-state index contributed by atoms with van der Waals surface area (Å²) in [7, 11) is 1.94. The molecule has 0 radical (unpaired) electrons. The third-order valence-corrected chi connectivity index (χ3v) is 3.18. The molecular weight excluding hydrogens is 204 g/mol. The first-order valence-corrected chi connectivity index (χ1v) is 5.64. The zero-order valence-electron chi connectivity index (χ0n) is 9.79. The lowest BCUT2D eigenvalue weighted by Crippen LogP contribution is -2.45. The van der Waals surface area contributed by atoms with Crippen molar-refractivity contribution < 1.29 is 4.79 Å². The Kier molecular flexibility index (Phi) is 3.24. The average Bonchev–Trinajstić information content (AvgIpc) is 2.60. The monoisotopic (exact) mass is 222 g/mol. The van der Waals surface area contributed by atoms with E-state index < -0.39 is 0 Å². The maximum atomic E-state index is 11.0. The summed E-state index contributed by atoms with van der Waals surface area (Å²) in [6.07, 6.45) is 3.44. The fourth-order valence-corrected chi connectivity index (χ4v) is 1.88. The SMILES string of the molecule is Cc1c(CNC2CCC(=O)NC2)cnn1C. The first-order valence-electron chi connectivity index (χ1n) is 5.64. The van der Waals surface area contributed by atoms with Crippen molar-refractivity contribution in [3.63, 3.8) is 0 Å². The lowest BCUT2D eigenvalue weighted by molar-refractivity contribution is -0.122. The molecular formula is C11H18N4O. The molecule has 2 N–H and O–H groups in total. The normalized spacial score (nSPS) is 20.9. The molecule has 5 heteroatoms. The van der Waals surface area contributed by atoms with E-state index in [9.17, 15) is 4.79 Å². The molecule has 1 amide bonds. The maximum Gasteiger partial charge on any atom is 0.220 e. The number of hydrogen-bond acceptors (Lipinski definition) is 3. The van der Waals surface area contributed by atoms with Gasteiger partial charge in [0.05, 0.1) is 6.20 Å². The molecule has 1 fully saturated rings. The number of nitrogens with zero attached hydrogens (tertiary/aromatic N) is 2. The minimum atomic E-state index is 0.163. The van der Waals surface area contributed by atoms with Gasteiger partial charge in [-0.1, -0.05) is 0 Å². The van der Waals surface area contributed by atoms with Crippen LogP contribution in [-0.2, 0) is 18.4 Å². The molecule has 1 aromatic rings. The minimum absolute atomic E-state index is 0.163. The standard InChI is InChI=1S/C11H18N4O/c1-8-9(6-14-15(8)2)5-12-10-3-4-11(16)13-7-10/h6,10,12H,3-5,7H2,1-2H3,(H,13,16). The first kappa shape index (κ1) is 11.1. The zero-order chi connectivity index (χ0) is 11.5. The minimum Gasteiger partial charge on any atom is -0.355 e. The molecule has 16 heavy (non-hydrogen) atoms. The Bertz CT molecular complexity index is 375. The van der Waals surface area contributed by atoms with Crippen LogP contribution in [0.25, 0.3) is 0 Å².